The Bertz CT molecular complexity index is 139. The van der Waals surface area contributed by atoms with Crippen LogP contribution >= 0.6 is 0 Å². The minimum Gasteiger partial charge on any atom is -0.315 e. The van der Waals surface area contributed by atoms with E-state index in [0.717, 1.165) is 0 Å². The minimum absolute atomic E-state index is 0.648. The lowest BCUT2D eigenvalue weighted by Crippen LogP contribution is -2.23. The van der Waals surface area contributed by atoms with E-state index in [0.29, 0.717) is 6.04 Å². The summed E-state index contributed by atoms with van der Waals surface area (Å²) < 4.78 is 0. The molecule has 0 saturated carbocycles. The summed E-state index contributed by atoms with van der Waals surface area (Å²) in [5.74, 6) is 0. The summed E-state index contributed by atoms with van der Waals surface area (Å²) in [5, 5.41) is 3.47. The van der Waals surface area contributed by atoms with Gasteiger partial charge in [-0.15, -0.1) is 0 Å². The summed E-state index contributed by atoms with van der Waals surface area (Å²) in [6.07, 6.45) is 8.42. The quantitative estimate of drug-likeness (QED) is 0.622. The summed E-state index contributed by atoms with van der Waals surface area (Å²) in [4.78, 5) is 2.62. The molecule has 2 nitrogen and oxygen atoms in total. The normalized spacial score (nSPS) is 17.8. The zero-order valence-corrected chi connectivity index (χ0v) is 10.6. The molecule has 0 aromatic rings. The molecule has 0 bridgehead atoms. The zero-order valence-electron chi connectivity index (χ0n) is 10.6. The SMILES string of the molecule is CC(C)NCCCCCCN1CCCC1. The van der Waals surface area contributed by atoms with Crippen LogP contribution in [0.2, 0.25) is 0 Å². The largest absolute Gasteiger partial charge is 0.315 e. The Morgan fingerprint density at radius 1 is 1.00 bits per heavy atom. The molecule has 1 aliphatic heterocycles. The Hall–Kier alpha value is -0.0800. The molecule has 0 unspecified atom stereocenters. The fourth-order valence-electron chi connectivity index (χ4n) is 2.21. The minimum atomic E-state index is 0.648. The first-order valence-corrected chi connectivity index (χ1v) is 6.75. The van der Waals surface area contributed by atoms with Crippen LogP contribution in [0.15, 0.2) is 0 Å². The van der Waals surface area contributed by atoms with E-state index in [1.165, 1.54) is 64.7 Å². The first-order valence-electron chi connectivity index (χ1n) is 6.75. The number of hydrogen-bond donors (Lipinski definition) is 1. The first kappa shape index (κ1) is 13.0. The molecule has 1 rings (SSSR count). The van der Waals surface area contributed by atoms with Gasteiger partial charge < -0.3 is 10.2 Å². The second kappa shape index (κ2) is 8.12. The van der Waals surface area contributed by atoms with E-state index in [-0.39, 0.29) is 0 Å². The fraction of sp³-hybridized carbons (Fsp3) is 1.00. The Morgan fingerprint density at radius 3 is 2.33 bits per heavy atom. The van der Waals surface area contributed by atoms with Crippen LogP contribution < -0.4 is 5.32 Å². The molecule has 1 fully saturated rings. The molecule has 1 saturated heterocycles. The van der Waals surface area contributed by atoms with Gasteiger partial charge >= 0.3 is 0 Å². The van der Waals surface area contributed by atoms with Gasteiger partial charge in [-0.1, -0.05) is 26.7 Å². The number of nitrogens with zero attached hydrogens (tertiary/aromatic N) is 1. The van der Waals surface area contributed by atoms with Crippen molar-refractivity contribution in [1.82, 2.24) is 10.2 Å². The highest BCUT2D eigenvalue weighted by molar-refractivity contribution is 4.65. The van der Waals surface area contributed by atoms with Crippen LogP contribution in [0.4, 0.5) is 0 Å². The van der Waals surface area contributed by atoms with Gasteiger partial charge in [0.2, 0.25) is 0 Å². The topological polar surface area (TPSA) is 15.3 Å². The summed E-state index contributed by atoms with van der Waals surface area (Å²) in [6.45, 7) is 9.68. The van der Waals surface area contributed by atoms with Crippen LogP contribution in [-0.2, 0) is 0 Å². The van der Waals surface area contributed by atoms with Crippen molar-refractivity contribution < 1.29 is 0 Å². The molecule has 0 aromatic heterocycles. The molecule has 0 spiro atoms. The third-order valence-corrected chi connectivity index (χ3v) is 3.15. The van der Waals surface area contributed by atoms with Crippen LogP contribution in [0.3, 0.4) is 0 Å². The van der Waals surface area contributed by atoms with Crippen LogP contribution in [0.25, 0.3) is 0 Å². The monoisotopic (exact) mass is 212 g/mol. The molecule has 0 radical (unpaired) electrons. The van der Waals surface area contributed by atoms with Crippen LogP contribution in [-0.4, -0.2) is 37.1 Å². The van der Waals surface area contributed by atoms with Crippen LogP contribution in [0.5, 0.6) is 0 Å². The molecule has 0 atom stereocenters. The summed E-state index contributed by atoms with van der Waals surface area (Å²) >= 11 is 0. The maximum Gasteiger partial charge on any atom is 0.00103 e. The molecule has 2 heteroatoms. The molecular formula is C13H28N2. The second-order valence-corrected chi connectivity index (χ2v) is 5.07. The van der Waals surface area contributed by atoms with Crippen molar-refractivity contribution in [3.8, 4) is 0 Å². The van der Waals surface area contributed by atoms with E-state index < -0.39 is 0 Å². The predicted molar refractivity (Wildman–Crippen MR) is 67.3 cm³/mol. The van der Waals surface area contributed by atoms with Crippen molar-refractivity contribution in [2.75, 3.05) is 26.2 Å². The number of rotatable bonds is 8. The van der Waals surface area contributed by atoms with Gasteiger partial charge in [-0.2, -0.15) is 0 Å². The maximum atomic E-state index is 3.47. The Morgan fingerprint density at radius 2 is 1.67 bits per heavy atom. The van der Waals surface area contributed by atoms with Crippen molar-refractivity contribution in [3.63, 3.8) is 0 Å². The molecule has 0 aromatic carbocycles. The molecule has 1 N–H and O–H groups in total. The standard InChI is InChI=1S/C13H28N2/c1-13(2)14-9-5-3-4-6-10-15-11-7-8-12-15/h13-14H,3-12H2,1-2H3. The molecular weight excluding hydrogens is 184 g/mol. The highest BCUT2D eigenvalue weighted by Gasteiger charge is 2.09. The average molecular weight is 212 g/mol. The molecule has 90 valence electrons. The van der Waals surface area contributed by atoms with E-state index in [9.17, 15) is 0 Å². The average Bonchev–Trinajstić information content (AvgIpc) is 2.68. The second-order valence-electron chi connectivity index (χ2n) is 5.07. The van der Waals surface area contributed by atoms with Crippen molar-refractivity contribution in [2.45, 2.75) is 58.4 Å². The fourth-order valence-corrected chi connectivity index (χ4v) is 2.21. The summed E-state index contributed by atoms with van der Waals surface area (Å²) in [6, 6.07) is 0.648. The highest BCUT2D eigenvalue weighted by atomic mass is 15.1. The third kappa shape index (κ3) is 6.91. The van der Waals surface area contributed by atoms with Crippen molar-refractivity contribution >= 4 is 0 Å². The van der Waals surface area contributed by atoms with Gasteiger partial charge in [0.1, 0.15) is 0 Å². The van der Waals surface area contributed by atoms with Crippen LogP contribution in [0.1, 0.15) is 52.4 Å². The number of likely N-dealkylation sites (tertiary alicyclic amines) is 1. The Balaban J connectivity index is 1.76. The third-order valence-electron chi connectivity index (χ3n) is 3.15. The summed E-state index contributed by atoms with van der Waals surface area (Å²) in [7, 11) is 0. The predicted octanol–water partition coefficient (Wildman–Crippen LogP) is 2.64. The van der Waals surface area contributed by atoms with Crippen molar-refractivity contribution in [2.24, 2.45) is 0 Å². The zero-order chi connectivity index (χ0) is 10.9. The van der Waals surface area contributed by atoms with Gasteiger partial charge in [-0.3, -0.25) is 0 Å². The molecule has 1 heterocycles. The van der Waals surface area contributed by atoms with E-state index in [1.807, 2.05) is 0 Å². The Labute approximate surface area is 95.4 Å². The van der Waals surface area contributed by atoms with E-state index in [2.05, 4.69) is 24.1 Å². The summed E-state index contributed by atoms with van der Waals surface area (Å²) in [5.41, 5.74) is 0. The Kier molecular flexibility index (Phi) is 7.03. The smallest absolute Gasteiger partial charge is 0.00103 e. The van der Waals surface area contributed by atoms with Gasteiger partial charge in [0.25, 0.3) is 0 Å². The molecule has 0 amide bonds. The number of nitrogens with one attached hydrogen (secondary N) is 1. The number of unbranched alkanes of at least 4 members (excludes halogenated alkanes) is 3. The van der Waals surface area contributed by atoms with Crippen LogP contribution in [0, 0.1) is 0 Å². The van der Waals surface area contributed by atoms with Gasteiger partial charge in [0.15, 0.2) is 0 Å². The molecule has 1 aliphatic rings. The number of hydrogen-bond acceptors (Lipinski definition) is 2. The van der Waals surface area contributed by atoms with E-state index >= 15 is 0 Å². The molecule has 15 heavy (non-hydrogen) atoms. The van der Waals surface area contributed by atoms with Gasteiger partial charge in [0.05, 0.1) is 0 Å². The van der Waals surface area contributed by atoms with Gasteiger partial charge in [-0.05, 0) is 51.9 Å². The van der Waals surface area contributed by atoms with Crippen molar-refractivity contribution in [3.05, 3.63) is 0 Å². The lowest BCUT2D eigenvalue weighted by molar-refractivity contribution is 0.327. The highest BCUT2D eigenvalue weighted by Crippen LogP contribution is 2.09. The lowest BCUT2D eigenvalue weighted by Gasteiger charge is -2.13. The van der Waals surface area contributed by atoms with E-state index in [1.54, 1.807) is 0 Å². The van der Waals surface area contributed by atoms with Gasteiger partial charge in [-0.25, -0.2) is 0 Å². The van der Waals surface area contributed by atoms with Gasteiger partial charge in [0, 0.05) is 6.04 Å². The van der Waals surface area contributed by atoms with E-state index in [4.69, 9.17) is 0 Å². The molecule has 0 aliphatic carbocycles. The maximum absolute atomic E-state index is 3.47. The first-order chi connectivity index (χ1) is 7.29. The van der Waals surface area contributed by atoms with Crippen molar-refractivity contribution in [1.29, 1.82) is 0 Å². The lowest BCUT2D eigenvalue weighted by atomic mass is 10.2.